The summed E-state index contributed by atoms with van der Waals surface area (Å²) in [4.78, 5) is 10.5. The van der Waals surface area contributed by atoms with Gasteiger partial charge >= 0.3 is 6.16 Å². The van der Waals surface area contributed by atoms with Gasteiger partial charge in [-0.2, -0.15) is 0 Å². The van der Waals surface area contributed by atoms with E-state index in [-0.39, 0.29) is 11.6 Å². The highest BCUT2D eigenvalue weighted by molar-refractivity contribution is 5.67. The lowest BCUT2D eigenvalue weighted by Crippen LogP contribution is -2.13. The minimum atomic E-state index is -1.36. The molecule has 0 spiro atoms. The average molecular weight is 356 g/mol. The van der Waals surface area contributed by atoms with Crippen LogP contribution in [0.3, 0.4) is 0 Å². The maximum absolute atomic E-state index is 14.7. The van der Waals surface area contributed by atoms with E-state index in [0.717, 1.165) is 24.3 Å². The van der Waals surface area contributed by atoms with E-state index in [9.17, 15) is 9.18 Å². The topological polar surface area (TPSA) is 46.5 Å². The van der Waals surface area contributed by atoms with E-state index in [2.05, 4.69) is 11.7 Å². The zero-order chi connectivity index (χ0) is 18.5. The van der Waals surface area contributed by atoms with Crippen LogP contribution in [0.15, 0.2) is 42.5 Å². The first-order valence-electron chi connectivity index (χ1n) is 9.37. The van der Waals surface area contributed by atoms with Crippen LogP contribution in [0.5, 0.6) is 5.75 Å². The third-order valence-electron chi connectivity index (χ3n) is 5.38. The minimum Gasteiger partial charge on any atom is -0.449 e. The van der Waals surface area contributed by atoms with Gasteiger partial charge in [0, 0.05) is 5.56 Å². The van der Waals surface area contributed by atoms with Crippen LogP contribution < -0.4 is 4.74 Å². The molecule has 138 valence electrons. The highest BCUT2D eigenvalue weighted by Crippen LogP contribution is 2.38. The fourth-order valence-electron chi connectivity index (χ4n) is 4.02. The van der Waals surface area contributed by atoms with Crippen LogP contribution in [0, 0.1) is 11.7 Å². The van der Waals surface area contributed by atoms with Gasteiger partial charge in [-0.3, -0.25) is 0 Å². The standard InChI is InChI=1S/C22H25FO3/c1-2-3-15-4-6-16(7-5-15)18-10-13-20(21(23)14-18)17-8-11-19(12-9-17)26-22(24)25/h8-16H,2-7H2,1H3,(H,24,25). The summed E-state index contributed by atoms with van der Waals surface area (Å²) >= 11 is 0. The molecular formula is C22H25FO3. The summed E-state index contributed by atoms with van der Waals surface area (Å²) in [6.45, 7) is 2.24. The monoisotopic (exact) mass is 356 g/mol. The molecule has 2 aromatic carbocycles. The largest absolute Gasteiger partial charge is 0.511 e. The molecule has 3 rings (SSSR count). The van der Waals surface area contributed by atoms with E-state index < -0.39 is 6.16 Å². The Labute approximate surface area is 153 Å². The molecule has 1 saturated carbocycles. The number of carboxylic acid groups (broad SMARTS) is 1. The number of hydrogen-bond donors (Lipinski definition) is 1. The fourth-order valence-corrected chi connectivity index (χ4v) is 4.02. The third-order valence-corrected chi connectivity index (χ3v) is 5.38. The SMILES string of the molecule is CCCC1CCC(c2ccc(-c3ccc(OC(=O)O)cc3)c(F)c2)CC1. The van der Waals surface area contributed by atoms with Crippen LogP contribution >= 0.6 is 0 Å². The van der Waals surface area contributed by atoms with E-state index in [1.54, 1.807) is 18.2 Å². The molecule has 1 N–H and O–H groups in total. The van der Waals surface area contributed by atoms with E-state index in [0.29, 0.717) is 17.0 Å². The van der Waals surface area contributed by atoms with Crippen LogP contribution in [-0.4, -0.2) is 11.3 Å². The highest BCUT2D eigenvalue weighted by atomic mass is 19.1. The molecule has 0 atom stereocenters. The molecule has 0 unspecified atom stereocenters. The van der Waals surface area contributed by atoms with Gasteiger partial charge in [0.15, 0.2) is 0 Å². The van der Waals surface area contributed by atoms with Crippen LogP contribution in [-0.2, 0) is 0 Å². The third kappa shape index (κ3) is 4.43. The molecule has 0 heterocycles. The van der Waals surface area contributed by atoms with Crippen molar-refractivity contribution in [1.82, 2.24) is 0 Å². The van der Waals surface area contributed by atoms with Crippen molar-refractivity contribution in [2.75, 3.05) is 0 Å². The summed E-state index contributed by atoms with van der Waals surface area (Å²) in [7, 11) is 0. The number of carbonyl (C=O) groups is 1. The van der Waals surface area contributed by atoms with Gasteiger partial charge in [0.05, 0.1) is 0 Å². The molecule has 0 radical (unpaired) electrons. The molecular weight excluding hydrogens is 331 g/mol. The first-order chi connectivity index (χ1) is 12.6. The molecule has 3 nitrogen and oxygen atoms in total. The lowest BCUT2D eigenvalue weighted by Gasteiger charge is -2.28. The van der Waals surface area contributed by atoms with Gasteiger partial charge in [-0.1, -0.05) is 44.0 Å². The van der Waals surface area contributed by atoms with Crippen LogP contribution in [0.25, 0.3) is 11.1 Å². The Bertz CT molecular complexity index is 746. The molecule has 1 fully saturated rings. The smallest absolute Gasteiger partial charge is 0.449 e. The first kappa shape index (κ1) is 18.4. The Hall–Kier alpha value is -2.36. The first-order valence-corrected chi connectivity index (χ1v) is 9.37. The van der Waals surface area contributed by atoms with E-state index in [1.807, 2.05) is 12.1 Å². The number of ether oxygens (including phenoxy) is 1. The molecule has 4 heteroatoms. The molecule has 0 aliphatic heterocycles. The molecule has 1 aliphatic rings. The Morgan fingerprint density at radius 2 is 1.81 bits per heavy atom. The summed E-state index contributed by atoms with van der Waals surface area (Å²) in [6, 6.07) is 11.9. The van der Waals surface area contributed by atoms with E-state index >= 15 is 0 Å². The number of rotatable bonds is 5. The Kier molecular flexibility index (Phi) is 5.92. The minimum absolute atomic E-state index is 0.224. The van der Waals surface area contributed by atoms with Gasteiger partial charge in [-0.15, -0.1) is 0 Å². The van der Waals surface area contributed by atoms with Crippen molar-refractivity contribution in [3.8, 4) is 16.9 Å². The quantitative estimate of drug-likeness (QED) is 0.483. The molecule has 0 bridgehead atoms. The van der Waals surface area contributed by atoms with Gasteiger partial charge in [-0.25, -0.2) is 9.18 Å². The molecule has 26 heavy (non-hydrogen) atoms. The van der Waals surface area contributed by atoms with E-state index in [1.165, 1.54) is 37.8 Å². The zero-order valence-corrected chi connectivity index (χ0v) is 15.1. The van der Waals surface area contributed by atoms with Gasteiger partial charge < -0.3 is 9.84 Å². The Morgan fingerprint density at radius 1 is 1.12 bits per heavy atom. The lowest BCUT2D eigenvalue weighted by atomic mass is 9.77. The van der Waals surface area contributed by atoms with Crippen molar-refractivity contribution in [2.24, 2.45) is 5.92 Å². The summed E-state index contributed by atoms with van der Waals surface area (Å²) in [6.07, 6.45) is 5.97. The summed E-state index contributed by atoms with van der Waals surface area (Å²) in [5.74, 6) is 1.29. The molecule has 0 aromatic heterocycles. The van der Waals surface area contributed by atoms with Crippen molar-refractivity contribution in [3.05, 3.63) is 53.8 Å². The average Bonchev–Trinajstić information content (AvgIpc) is 2.63. The second kappa shape index (κ2) is 8.35. The van der Waals surface area contributed by atoms with Gasteiger partial charge in [0.1, 0.15) is 11.6 Å². The second-order valence-electron chi connectivity index (χ2n) is 7.14. The Balaban J connectivity index is 1.71. The van der Waals surface area contributed by atoms with E-state index in [4.69, 9.17) is 5.11 Å². The fraction of sp³-hybridized carbons (Fsp3) is 0.409. The van der Waals surface area contributed by atoms with Gasteiger partial charge in [0.2, 0.25) is 0 Å². The van der Waals surface area contributed by atoms with Crippen molar-refractivity contribution < 1.29 is 19.0 Å². The summed E-state index contributed by atoms with van der Waals surface area (Å²) in [5, 5.41) is 8.62. The molecule has 1 aliphatic carbocycles. The number of halogens is 1. The van der Waals surface area contributed by atoms with Crippen molar-refractivity contribution in [1.29, 1.82) is 0 Å². The molecule has 2 aromatic rings. The molecule has 0 amide bonds. The Morgan fingerprint density at radius 3 is 2.38 bits per heavy atom. The maximum atomic E-state index is 14.7. The van der Waals surface area contributed by atoms with Crippen molar-refractivity contribution in [2.45, 2.75) is 51.4 Å². The van der Waals surface area contributed by atoms with Crippen LogP contribution in [0.1, 0.15) is 56.9 Å². The molecule has 0 saturated heterocycles. The highest BCUT2D eigenvalue weighted by Gasteiger charge is 2.22. The zero-order valence-electron chi connectivity index (χ0n) is 15.1. The summed E-state index contributed by atoms with van der Waals surface area (Å²) in [5.41, 5.74) is 2.32. The lowest BCUT2D eigenvalue weighted by molar-refractivity contribution is 0.144. The number of hydrogen-bond acceptors (Lipinski definition) is 2. The normalized spacial score (nSPS) is 19.9. The van der Waals surface area contributed by atoms with Crippen molar-refractivity contribution in [3.63, 3.8) is 0 Å². The van der Waals surface area contributed by atoms with Crippen LogP contribution in [0.4, 0.5) is 9.18 Å². The summed E-state index contributed by atoms with van der Waals surface area (Å²) < 4.78 is 19.3. The predicted octanol–water partition coefficient (Wildman–Crippen LogP) is 6.62. The van der Waals surface area contributed by atoms with Crippen molar-refractivity contribution >= 4 is 6.16 Å². The number of benzene rings is 2. The van der Waals surface area contributed by atoms with Gasteiger partial charge in [-0.05, 0) is 66.8 Å². The maximum Gasteiger partial charge on any atom is 0.511 e. The second-order valence-corrected chi connectivity index (χ2v) is 7.14. The van der Waals surface area contributed by atoms with Crippen LogP contribution in [0.2, 0.25) is 0 Å². The van der Waals surface area contributed by atoms with Gasteiger partial charge in [0.25, 0.3) is 0 Å². The predicted molar refractivity (Wildman–Crippen MR) is 100 cm³/mol.